The fraction of sp³-hybridized carbons (Fsp3) is 0.667. The van der Waals surface area contributed by atoms with Crippen LogP contribution in [-0.4, -0.2) is 42.7 Å². The number of allylic oxidation sites excluding steroid dienone is 1. The van der Waals surface area contributed by atoms with Crippen LogP contribution in [0.1, 0.15) is 53.9 Å². The first-order valence-electron chi connectivity index (χ1n) is 9.69. The summed E-state index contributed by atoms with van der Waals surface area (Å²) in [5.74, 6) is 1.07. The molecule has 2 fully saturated rings. The molecule has 5 heteroatoms. The molecule has 0 saturated carbocycles. The molecule has 0 amide bonds. The summed E-state index contributed by atoms with van der Waals surface area (Å²) in [5, 5.41) is 3.23. The average Bonchev–Trinajstić information content (AvgIpc) is 2.59. The van der Waals surface area contributed by atoms with Crippen LogP contribution < -0.4 is 5.32 Å². The largest absolute Gasteiger partial charge is 0.487 e. The number of esters is 1. The molecule has 2 saturated heterocycles. The van der Waals surface area contributed by atoms with Crippen LogP contribution in [0.5, 0.6) is 0 Å². The molecule has 0 unspecified atom stereocenters. The Morgan fingerprint density at radius 3 is 2.46 bits per heavy atom. The molecule has 0 spiro atoms. The summed E-state index contributed by atoms with van der Waals surface area (Å²) in [4.78, 5) is 14.3. The van der Waals surface area contributed by atoms with E-state index in [0.717, 1.165) is 49.6 Å². The van der Waals surface area contributed by atoms with E-state index in [4.69, 9.17) is 9.47 Å². The lowest BCUT2D eigenvalue weighted by Crippen LogP contribution is -2.37. The van der Waals surface area contributed by atoms with Gasteiger partial charge >= 0.3 is 5.97 Å². The number of rotatable bonds is 4. The number of hydrogen-bond donors (Lipinski definition) is 1. The highest BCUT2D eigenvalue weighted by Crippen LogP contribution is 2.28. The molecule has 5 nitrogen and oxygen atoms in total. The number of hydrogen-bond acceptors (Lipinski definition) is 5. The normalized spacial score (nSPS) is 20.2. The first kappa shape index (κ1) is 22.1. The molecule has 2 aliphatic rings. The van der Waals surface area contributed by atoms with Crippen molar-refractivity contribution in [2.45, 2.75) is 59.5 Å². The maximum Gasteiger partial charge on any atom is 0.306 e. The molecule has 0 aromatic heterocycles. The van der Waals surface area contributed by atoms with Gasteiger partial charge in [-0.2, -0.15) is 0 Å². The van der Waals surface area contributed by atoms with Crippen molar-refractivity contribution < 1.29 is 14.3 Å². The van der Waals surface area contributed by atoms with Crippen molar-refractivity contribution in [2.24, 2.45) is 5.92 Å². The molecular weight excluding hydrogens is 328 g/mol. The zero-order valence-corrected chi connectivity index (χ0v) is 17.2. The number of piperidine rings is 1. The monoisotopic (exact) mass is 364 g/mol. The van der Waals surface area contributed by atoms with Crippen LogP contribution in [0.2, 0.25) is 0 Å². The van der Waals surface area contributed by atoms with Crippen LogP contribution in [0, 0.1) is 5.92 Å². The summed E-state index contributed by atoms with van der Waals surface area (Å²) in [6.07, 6.45) is 4.26. The van der Waals surface area contributed by atoms with Gasteiger partial charge in [0.2, 0.25) is 0 Å². The lowest BCUT2D eigenvalue weighted by Gasteiger charge is -2.36. The molecule has 0 aliphatic carbocycles. The third kappa shape index (κ3) is 6.77. The van der Waals surface area contributed by atoms with Gasteiger partial charge < -0.3 is 19.7 Å². The summed E-state index contributed by atoms with van der Waals surface area (Å²) < 4.78 is 11.2. The van der Waals surface area contributed by atoms with E-state index in [1.54, 1.807) is 0 Å². The molecule has 1 N–H and O–H groups in total. The highest BCUT2D eigenvalue weighted by atomic mass is 16.6. The van der Waals surface area contributed by atoms with Gasteiger partial charge in [-0.15, -0.1) is 0 Å². The Hall–Kier alpha value is -1.91. The van der Waals surface area contributed by atoms with Crippen LogP contribution in [-0.2, 0) is 14.3 Å². The molecule has 2 aliphatic heterocycles. The predicted octanol–water partition coefficient (Wildman–Crippen LogP) is 3.99. The van der Waals surface area contributed by atoms with Crippen molar-refractivity contribution >= 4 is 5.97 Å². The van der Waals surface area contributed by atoms with E-state index in [9.17, 15) is 4.79 Å². The molecule has 0 radical (unpaired) electrons. The third-order valence-corrected chi connectivity index (χ3v) is 4.22. The van der Waals surface area contributed by atoms with Gasteiger partial charge in [-0.25, -0.2) is 0 Å². The van der Waals surface area contributed by atoms with Crippen molar-refractivity contribution in [3.05, 3.63) is 36.4 Å². The molecule has 26 heavy (non-hydrogen) atoms. The molecule has 0 aromatic carbocycles. The van der Waals surface area contributed by atoms with Crippen LogP contribution in [0.3, 0.4) is 0 Å². The fourth-order valence-corrected chi connectivity index (χ4v) is 3.11. The highest BCUT2D eigenvalue weighted by molar-refractivity contribution is 5.70. The number of carbonyl (C=O) groups excluding carboxylic acids is 1. The van der Waals surface area contributed by atoms with Crippen molar-refractivity contribution in [3.8, 4) is 0 Å². The third-order valence-electron chi connectivity index (χ3n) is 4.22. The quantitative estimate of drug-likeness (QED) is 0.765. The minimum Gasteiger partial charge on any atom is -0.487 e. The summed E-state index contributed by atoms with van der Waals surface area (Å²) in [5.41, 5.74) is 1.39. The van der Waals surface area contributed by atoms with Gasteiger partial charge in [-0.05, 0) is 45.6 Å². The minimum atomic E-state index is -0.413. The van der Waals surface area contributed by atoms with Gasteiger partial charge in [-0.3, -0.25) is 4.79 Å². The highest BCUT2D eigenvalue weighted by Gasteiger charge is 2.27. The van der Waals surface area contributed by atoms with Gasteiger partial charge in [0.25, 0.3) is 0 Å². The smallest absolute Gasteiger partial charge is 0.306 e. The lowest BCUT2D eigenvalue weighted by atomic mass is 9.93. The number of ether oxygens (including phenoxy) is 2. The van der Waals surface area contributed by atoms with Crippen LogP contribution in [0.25, 0.3) is 0 Å². The zero-order valence-electron chi connectivity index (χ0n) is 17.2. The number of likely N-dealkylation sites (tertiary alicyclic amines) is 1. The van der Waals surface area contributed by atoms with Crippen LogP contribution >= 0.6 is 0 Å². The molecule has 148 valence electrons. The van der Waals surface area contributed by atoms with Gasteiger partial charge in [0, 0.05) is 26.1 Å². The van der Waals surface area contributed by atoms with E-state index in [0.29, 0.717) is 18.9 Å². The van der Waals surface area contributed by atoms with Gasteiger partial charge in [0.1, 0.15) is 12.2 Å². The SMILES string of the molecule is C=C/C(=C1/OCCNC1=C)N1CCC(CC(=O)OC(C)(C)C)CC1.CC. The second-order valence-corrected chi connectivity index (χ2v) is 7.39. The van der Waals surface area contributed by atoms with Crippen LogP contribution in [0.4, 0.5) is 0 Å². The van der Waals surface area contributed by atoms with Crippen molar-refractivity contribution in [1.82, 2.24) is 10.2 Å². The van der Waals surface area contributed by atoms with E-state index in [2.05, 4.69) is 23.4 Å². The fourth-order valence-electron chi connectivity index (χ4n) is 3.11. The first-order valence-corrected chi connectivity index (χ1v) is 9.69. The summed E-state index contributed by atoms with van der Waals surface area (Å²) in [7, 11) is 0. The second-order valence-electron chi connectivity index (χ2n) is 7.39. The standard InChI is InChI=1S/C19H30N2O3.C2H6/c1-6-16(18-14(2)20-9-12-23-18)21-10-7-15(8-11-21)13-17(22)24-19(3,4)5;1-2/h6,15,20H,1-2,7-13H2,3-5H3;1-2H3/b18-16-;. The first-order chi connectivity index (χ1) is 12.3. The Bertz CT molecular complexity index is 524. The molecular formula is C21H36N2O3. The molecule has 2 rings (SSSR count). The maximum absolute atomic E-state index is 12.0. The Labute approximate surface area is 159 Å². The number of nitrogens with one attached hydrogen (secondary N) is 1. The number of carbonyl (C=O) groups is 1. The Balaban J connectivity index is 0.00000163. The maximum atomic E-state index is 12.0. The topological polar surface area (TPSA) is 50.8 Å². The molecule has 2 heterocycles. The van der Waals surface area contributed by atoms with E-state index in [1.807, 2.05) is 40.7 Å². The van der Waals surface area contributed by atoms with Gasteiger partial charge in [0.05, 0.1) is 11.4 Å². The number of morpholine rings is 1. The molecule has 0 atom stereocenters. The molecule has 0 bridgehead atoms. The number of nitrogens with zero attached hydrogens (tertiary/aromatic N) is 1. The molecule has 0 aromatic rings. The zero-order chi connectivity index (χ0) is 19.7. The van der Waals surface area contributed by atoms with E-state index >= 15 is 0 Å². The Morgan fingerprint density at radius 2 is 1.96 bits per heavy atom. The van der Waals surface area contributed by atoms with Crippen molar-refractivity contribution in [2.75, 3.05) is 26.2 Å². The summed E-state index contributed by atoms with van der Waals surface area (Å²) in [6, 6.07) is 0. The van der Waals surface area contributed by atoms with E-state index in [1.165, 1.54) is 0 Å². The minimum absolute atomic E-state index is 0.101. The average molecular weight is 365 g/mol. The summed E-state index contributed by atoms with van der Waals surface area (Å²) in [6.45, 7) is 20.9. The van der Waals surface area contributed by atoms with Crippen molar-refractivity contribution in [1.29, 1.82) is 0 Å². The Morgan fingerprint density at radius 1 is 1.35 bits per heavy atom. The predicted molar refractivity (Wildman–Crippen MR) is 106 cm³/mol. The van der Waals surface area contributed by atoms with Crippen LogP contribution in [0.15, 0.2) is 36.4 Å². The van der Waals surface area contributed by atoms with Gasteiger partial charge in [-0.1, -0.05) is 27.0 Å². The van der Waals surface area contributed by atoms with Crippen molar-refractivity contribution in [3.63, 3.8) is 0 Å². The lowest BCUT2D eigenvalue weighted by molar-refractivity contribution is -0.156. The van der Waals surface area contributed by atoms with Gasteiger partial charge in [0.15, 0.2) is 5.76 Å². The summed E-state index contributed by atoms with van der Waals surface area (Å²) >= 11 is 0. The second kappa shape index (κ2) is 10.3. The van der Waals surface area contributed by atoms with E-state index < -0.39 is 5.60 Å². The van der Waals surface area contributed by atoms with E-state index in [-0.39, 0.29) is 5.97 Å². The Kier molecular flexibility index (Phi) is 8.76.